The minimum Gasteiger partial charge on any atom is -0.361 e. The zero-order chi connectivity index (χ0) is 15.3. The Balaban J connectivity index is 2.13. The van der Waals surface area contributed by atoms with Crippen molar-refractivity contribution in [3.8, 4) is 6.07 Å². The second-order valence-corrected chi connectivity index (χ2v) is 6.46. The molecule has 0 radical (unpaired) electrons. The molecule has 1 aliphatic heterocycles. The Hall–Kier alpha value is -1.76. The number of hydrogen-bond donors (Lipinski definition) is 1. The number of anilines is 1. The Bertz CT molecular complexity index is 611. The average Bonchev–Trinajstić information content (AvgIpc) is 2.53. The van der Waals surface area contributed by atoms with Gasteiger partial charge in [-0.25, -0.2) is 18.4 Å². The second kappa shape index (κ2) is 6.80. The number of morpholine rings is 1. The fraction of sp³-hybridized carbons (Fsp3) is 0.583. The largest absolute Gasteiger partial charge is 0.361 e. The normalized spacial score (nSPS) is 19.9. The maximum absolute atomic E-state index is 12.4. The van der Waals surface area contributed by atoms with Crippen LogP contribution in [0.5, 0.6) is 0 Å². The summed E-state index contributed by atoms with van der Waals surface area (Å²) in [5.74, 6) is 0.396. The molecule has 1 aliphatic rings. The molecule has 1 N–H and O–H groups in total. The zero-order valence-corrected chi connectivity index (χ0v) is 12.5. The van der Waals surface area contributed by atoms with Gasteiger partial charge in [-0.05, 0) is 6.42 Å². The molecule has 2 heterocycles. The smallest absolute Gasteiger partial charge is 0.246 e. The first-order valence-corrected chi connectivity index (χ1v) is 8.09. The summed E-state index contributed by atoms with van der Waals surface area (Å²) in [5.41, 5.74) is 0. The van der Waals surface area contributed by atoms with E-state index in [2.05, 4.69) is 15.3 Å². The molecule has 21 heavy (non-hydrogen) atoms. The van der Waals surface area contributed by atoms with Gasteiger partial charge < -0.3 is 10.1 Å². The van der Waals surface area contributed by atoms with E-state index in [0.29, 0.717) is 5.95 Å². The van der Waals surface area contributed by atoms with Crippen molar-refractivity contribution < 1.29 is 13.2 Å². The lowest BCUT2D eigenvalue weighted by Crippen LogP contribution is -2.45. The van der Waals surface area contributed by atoms with Crippen LogP contribution in [0, 0.1) is 11.3 Å². The molecule has 0 amide bonds. The first kappa shape index (κ1) is 15.6. The summed E-state index contributed by atoms with van der Waals surface area (Å²) in [4.78, 5) is 8.00. The van der Waals surface area contributed by atoms with E-state index in [1.807, 2.05) is 13.0 Å². The molecule has 114 valence electrons. The van der Waals surface area contributed by atoms with E-state index in [0.717, 1.165) is 13.0 Å². The molecular weight excluding hydrogens is 294 g/mol. The quantitative estimate of drug-likeness (QED) is 0.828. The lowest BCUT2D eigenvalue weighted by atomic mass is 10.3. The van der Waals surface area contributed by atoms with Crippen molar-refractivity contribution >= 4 is 16.0 Å². The third-order valence-corrected chi connectivity index (χ3v) is 4.79. The summed E-state index contributed by atoms with van der Waals surface area (Å²) in [6, 6.07) is 1.92. The van der Waals surface area contributed by atoms with E-state index < -0.39 is 16.1 Å². The molecule has 0 spiro atoms. The Morgan fingerprint density at radius 1 is 1.52 bits per heavy atom. The van der Waals surface area contributed by atoms with Crippen molar-refractivity contribution in [2.24, 2.45) is 0 Å². The van der Waals surface area contributed by atoms with Crippen LogP contribution < -0.4 is 5.32 Å². The first-order valence-electron chi connectivity index (χ1n) is 6.65. The molecular formula is C12H17N5O3S. The Kier molecular flexibility index (Phi) is 5.06. The van der Waals surface area contributed by atoms with Crippen molar-refractivity contribution in [2.75, 3.05) is 31.6 Å². The third kappa shape index (κ3) is 3.66. The van der Waals surface area contributed by atoms with Crippen LogP contribution in [0.25, 0.3) is 0 Å². The SMILES string of the molecule is CCCNc1ncc(S(=O)(=O)N2CCOC(C#N)C2)cn1. The van der Waals surface area contributed by atoms with Gasteiger partial charge in [0.2, 0.25) is 16.0 Å². The number of nitrogens with one attached hydrogen (secondary N) is 1. The zero-order valence-electron chi connectivity index (χ0n) is 11.7. The van der Waals surface area contributed by atoms with E-state index >= 15 is 0 Å². The molecule has 9 heteroatoms. The van der Waals surface area contributed by atoms with Gasteiger partial charge in [0.1, 0.15) is 4.90 Å². The molecule has 1 fully saturated rings. The number of ether oxygens (including phenoxy) is 1. The van der Waals surface area contributed by atoms with Crippen molar-refractivity contribution in [3.63, 3.8) is 0 Å². The molecule has 1 aromatic rings. The van der Waals surface area contributed by atoms with E-state index in [4.69, 9.17) is 10.00 Å². The highest BCUT2D eigenvalue weighted by molar-refractivity contribution is 7.89. The third-order valence-electron chi connectivity index (χ3n) is 2.97. The molecule has 0 saturated carbocycles. The standard InChI is InChI=1S/C12H17N5O3S/c1-2-3-14-12-15-7-11(8-16-12)21(18,19)17-4-5-20-10(6-13)9-17/h7-8,10H,2-5,9H2,1H3,(H,14,15,16). The number of nitriles is 1. The van der Waals surface area contributed by atoms with Gasteiger partial charge in [0.15, 0.2) is 6.10 Å². The molecule has 1 unspecified atom stereocenters. The van der Waals surface area contributed by atoms with E-state index in [1.54, 1.807) is 0 Å². The predicted octanol–water partition coefficient (Wildman–Crippen LogP) is 0.212. The Morgan fingerprint density at radius 2 is 2.24 bits per heavy atom. The van der Waals surface area contributed by atoms with Crippen LogP contribution in [-0.2, 0) is 14.8 Å². The molecule has 1 aromatic heterocycles. The second-order valence-electron chi connectivity index (χ2n) is 4.52. The molecule has 0 bridgehead atoms. The summed E-state index contributed by atoms with van der Waals surface area (Å²) in [6.07, 6.45) is 2.74. The van der Waals surface area contributed by atoms with Crippen molar-refractivity contribution in [2.45, 2.75) is 24.3 Å². The van der Waals surface area contributed by atoms with Gasteiger partial charge in [0.25, 0.3) is 0 Å². The number of hydrogen-bond acceptors (Lipinski definition) is 7. The fourth-order valence-electron chi connectivity index (χ4n) is 1.85. The summed E-state index contributed by atoms with van der Waals surface area (Å²) < 4.78 is 31.2. The van der Waals surface area contributed by atoms with Crippen LogP contribution in [0.3, 0.4) is 0 Å². The Morgan fingerprint density at radius 3 is 2.86 bits per heavy atom. The first-order chi connectivity index (χ1) is 10.1. The Labute approximate surface area is 123 Å². The fourth-order valence-corrected chi connectivity index (χ4v) is 3.17. The molecule has 2 rings (SSSR count). The maximum Gasteiger partial charge on any atom is 0.246 e. The topological polar surface area (TPSA) is 108 Å². The highest BCUT2D eigenvalue weighted by atomic mass is 32.2. The lowest BCUT2D eigenvalue weighted by molar-refractivity contribution is 0.0311. The number of aromatic nitrogens is 2. The van der Waals surface area contributed by atoms with Gasteiger partial charge in [-0.1, -0.05) is 6.92 Å². The highest BCUT2D eigenvalue weighted by Gasteiger charge is 2.31. The van der Waals surface area contributed by atoms with Crippen LogP contribution >= 0.6 is 0 Å². The number of sulfonamides is 1. The maximum atomic E-state index is 12.4. The van der Waals surface area contributed by atoms with Crippen LogP contribution in [0.1, 0.15) is 13.3 Å². The number of nitrogens with zero attached hydrogens (tertiary/aromatic N) is 4. The lowest BCUT2D eigenvalue weighted by Gasteiger charge is -2.28. The average molecular weight is 311 g/mol. The van der Waals surface area contributed by atoms with Crippen LogP contribution in [0.15, 0.2) is 17.3 Å². The van der Waals surface area contributed by atoms with Crippen LogP contribution in [-0.4, -0.2) is 55.0 Å². The van der Waals surface area contributed by atoms with Crippen LogP contribution in [0.4, 0.5) is 5.95 Å². The summed E-state index contributed by atoms with van der Waals surface area (Å²) in [7, 11) is -3.69. The van der Waals surface area contributed by atoms with Gasteiger partial charge in [-0.3, -0.25) is 0 Å². The summed E-state index contributed by atoms with van der Waals surface area (Å²) >= 11 is 0. The van der Waals surface area contributed by atoms with Gasteiger partial charge in [-0.15, -0.1) is 0 Å². The molecule has 1 atom stereocenters. The monoisotopic (exact) mass is 311 g/mol. The molecule has 1 saturated heterocycles. The summed E-state index contributed by atoms with van der Waals surface area (Å²) in [6.45, 7) is 3.18. The van der Waals surface area contributed by atoms with E-state index in [-0.39, 0.29) is 24.6 Å². The minimum atomic E-state index is -3.69. The molecule has 0 aromatic carbocycles. The molecule has 0 aliphatic carbocycles. The predicted molar refractivity (Wildman–Crippen MR) is 74.9 cm³/mol. The van der Waals surface area contributed by atoms with Gasteiger partial charge in [0.05, 0.1) is 31.6 Å². The van der Waals surface area contributed by atoms with Gasteiger partial charge in [0, 0.05) is 13.1 Å². The van der Waals surface area contributed by atoms with Crippen LogP contribution in [0.2, 0.25) is 0 Å². The van der Waals surface area contributed by atoms with Crippen molar-refractivity contribution in [1.29, 1.82) is 5.26 Å². The highest BCUT2D eigenvalue weighted by Crippen LogP contribution is 2.17. The number of rotatable bonds is 5. The summed E-state index contributed by atoms with van der Waals surface area (Å²) in [5, 5.41) is 11.8. The molecule has 8 nitrogen and oxygen atoms in total. The van der Waals surface area contributed by atoms with Gasteiger partial charge >= 0.3 is 0 Å². The van der Waals surface area contributed by atoms with E-state index in [1.165, 1.54) is 16.7 Å². The van der Waals surface area contributed by atoms with Crippen molar-refractivity contribution in [3.05, 3.63) is 12.4 Å². The van der Waals surface area contributed by atoms with Crippen molar-refractivity contribution in [1.82, 2.24) is 14.3 Å². The van der Waals surface area contributed by atoms with Gasteiger partial charge in [-0.2, -0.15) is 9.57 Å². The minimum absolute atomic E-state index is 0.0168. The van der Waals surface area contributed by atoms with E-state index in [9.17, 15) is 8.42 Å².